The van der Waals surface area contributed by atoms with Crippen molar-refractivity contribution in [2.45, 2.75) is 58.4 Å². The highest BCUT2D eigenvalue weighted by molar-refractivity contribution is 5.79. The van der Waals surface area contributed by atoms with Gasteiger partial charge in [0.2, 0.25) is 5.91 Å². The summed E-state index contributed by atoms with van der Waals surface area (Å²) in [6, 6.07) is 0.444. The van der Waals surface area contributed by atoms with Gasteiger partial charge >= 0.3 is 0 Å². The van der Waals surface area contributed by atoms with Crippen molar-refractivity contribution in [1.82, 2.24) is 4.90 Å². The summed E-state index contributed by atoms with van der Waals surface area (Å²) in [6.45, 7) is 5.91. The van der Waals surface area contributed by atoms with Crippen LogP contribution in [-0.4, -0.2) is 29.9 Å². The van der Waals surface area contributed by atoms with E-state index in [2.05, 4.69) is 18.7 Å². The fourth-order valence-corrected chi connectivity index (χ4v) is 3.84. The average molecular weight is 238 g/mol. The van der Waals surface area contributed by atoms with Crippen molar-refractivity contribution in [2.24, 2.45) is 17.1 Å². The van der Waals surface area contributed by atoms with Crippen LogP contribution in [0.4, 0.5) is 0 Å². The maximum absolute atomic E-state index is 12.4. The Kier molecular flexibility index (Phi) is 3.76. The zero-order valence-electron chi connectivity index (χ0n) is 11.2. The van der Waals surface area contributed by atoms with Gasteiger partial charge in [0.25, 0.3) is 0 Å². The van der Waals surface area contributed by atoms with Crippen LogP contribution in [0.5, 0.6) is 0 Å². The van der Waals surface area contributed by atoms with Gasteiger partial charge in [-0.15, -0.1) is 0 Å². The first-order valence-corrected chi connectivity index (χ1v) is 7.15. The van der Waals surface area contributed by atoms with Crippen molar-refractivity contribution in [3.05, 3.63) is 0 Å². The molecule has 3 atom stereocenters. The summed E-state index contributed by atoms with van der Waals surface area (Å²) in [4.78, 5) is 14.6. The van der Waals surface area contributed by atoms with E-state index in [-0.39, 0.29) is 11.3 Å². The molecule has 0 aromatic heterocycles. The quantitative estimate of drug-likeness (QED) is 0.815. The Balaban J connectivity index is 2.06. The van der Waals surface area contributed by atoms with Crippen molar-refractivity contribution in [3.8, 4) is 0 Å². The topological polar surface area (TPSA) is 46.3 Å². The SMILES string of the molecule is CCCC(C)C(=O)N1CC[C@]2(CN)CCC[C@H]12. The average Bonchev–Trinajstić information content (AvgIpc) is 2.86. The Morgan fingerprint density at radius 1 is 1.53 bits per heavy atom. The van der Waals surface area contributed by atoms with E-state index < -0.39 is 0 Å². The molecule has 1 aliphatic heterocycles. The first kappa shape index (κ1) is 12.9. The Morgan fingerprint density at radius 3 is 2.94 bits per heavy atom. The number of amides is 1. The Morgan fingerprint density at radius 2 is 2.29 bits per heavy atom. The summed E-state index contributed by atoms with van der Waals surface area (Å²) in [5.74, 6) is 0.559. The van der Waals surface area contributed by atoms with E-state index >= 15 is 0 Å². The molecule has 2 N–H and O–H groups in total. The molecule has 1 saturated heterocycles. The normalized spacial score (nSPS) is 33.8. The number of carbonyl (C=O) groups is 1. The molecule has 1 unspecified atom stereocenters. The predicted molar refractivity (Wildman–Crippen MR) is 69.5 cm³/mol. The molecular weight excluding hydrogens is 212 g/mol. The fourth-order valence-electron chi connectivity index (χ4n) is 3.84. The summed E-state index contributed by atoms with van der Waals surface area (Å²) in [7, 11) is 0. The van der Waals surface area contributed by atoms with E-state index in [0.29, 0.717) is 11.9 Å². The van der Waals surface area contributed by atoms with Crippen LogP contribution in [0.15, 0.2) is 0 Å². The molecule has 17 heavy (non-hydrogen) atoms. The summed E-state index contributed by atoms with van der Waals surface area (Å²) >= 11 is 0. The van der Waals surface area contributed by atoms with Crippen LogP contribution < -0.4 is 5.73 Å². The minimum Gasteiger partial charge on any atom is -0.339 e. The maximum Gasteiger partial charge on any atom is 0.225 e. The molecule has 2 rings (SSSR count). The van der Waals surface area contributed by atoms with Crippen LogP contribution in [0.2, 0.25) is 0 Å². The molecule has 1 aliphatic carbocycles. The van der Waals surface area contributed by atoms with Gasteiger partial charge in [-0.1, -0.05) is 26.7 Å². The summed E-state index contributed by atoms with van der Waals surface area (Å²) in [6.07, 6.45) is 6.86. The molecule has 0 aromatic carbocycles. The van der Waals surface area contributed by atoms with Crippen molar-refractivity contribution in [2.75, 3.05) is 13.1 Å². The smallest absolute Gasteiger partial charge is 0.225 e. The van der Waals surface area contributed by atoms with Gasteiger partial charge in [0.05, 0.1) is 0 Å². The van der Waals surface area contributed by atoms with Gasteiger partial charge in [-0.2, -0.15) is 0 Å². The third-order valence-corrected chi connectivity index (χ3v) is 4.92. The summed E-state index contributed by atoms with van der Waals surface area (Å²) < 4.78 is 0. The second-order valence-electron chi connectivity index (χ2n) is 5.95. The fraction of sp³-hybridized carbons (Fsp3) is 0.929. The molecule has 0 radical (unpaired) electrons. The minimum absolute atomic E-state index is 0.189. The first-order chi connectivity index (χ1) is 8.14. The molecule has 1 saturated carbocycles. The monoisotopic (exact) mass is 238 g/mol. The van der Waals surface area contributed by atoms with E-state index in [0.717, 1.165) is 32.4 Å². The highest BCUT2D eigenvalue weighted by Gasteiger charge is 2.51. The second-order valence-corrected chi connectivity index (χ2v) is 5.95. The largest absolute Gasteiger partial charge is 0.339 e. The van der Waals surface area contributed by atoms with Crippen molar-refractivity contribution < 1.29 is 4.79 Å². The van der Waals surface area contributed by atoms with E-state index in [9.17, 15) is 4.79 Å². The molecule has 0 spiro atoms. The standard InChI is InChI=1S/C14H26N2O/c1-3-5-11(2)13(17)16-9-8-14(10-15)7-4-6-12(14)16/h11-12H,3-10,15H2,1-2H3/t11?,12-,14-/m0/s1. The summed E-state index contributed by atoms with van der Waals surface area (Å²) in [5.41, 5.74) is 6.23. The van der Waals surface area contributed by atoms with Crippen LogP contribution in [0.1, 0.15) is 52.4 Å². The number of hydrogen-bond acceptors (Lipinski definition) is 2. The van der Waals surface area contributed by atoms with Crippen LogP contribution >= 0.6 is 0 Å². The van der Waals surface area contributed by atoms with Gasteiger partial charge in [-0.3, -0.25) is 4.79 Å². The number of nitrogens with two attached hydrogens (primary N) is 1. The van der Waals surface area contributed by atoms with Crippen molar-refractivity contribution in [1.29, 1.82) is 0 Å². The van der Waals surface area contributed by atoms with Crippen LogP contribution in [0.3, 0.4) is 0 Å². The van der Waals surface area contributed by atoms with Gasteiger partial charge in [0.1, 0.15) is 0 Å². The minimum atomic E-state index is 0.189. The molecule has 2 aliphatic rings. The van der Waals surface area contributed by atoms with E-state index in [4.69, 9.17) is 5.73 Å². The van der Waals surface area contributed by atoms with Crippen LogP contribution in [-0.2, 0) is 4.79 Å². The van der Waals surface area contributed by atoms with Crippen LogP contribution in [0, 0.1) is 11.3 Å². The van der Waals surface area contributed by atoms with Gasteiger partial charge in [-0.05, 0) is 32.2 Å². The number of hydrogen-bond donors (Lipinski definition) is 1. The van der Waals surface area contributed by atoms with Gasteiger partial charge in [0.15, 0.2) is 0 Å². The molecule has 0 aromatic rings. The molecule has 1 amide bonds. The first-order valence-electron chi connectivity index (χ1n) is 7.15. The highest BCUT2D eigenvalue weighted by Crippen LogP contribution is 2.48. The van der Waals surface area contributed by atoms with E-state index in [1.54, 1.807) is 0 Å². The Bertz CT molecular complexity index is 292. The molecule has 3 heteroatoms. The lowest BCUT2D eigenvalue weighted by molar-refractivity contribution is -0.136. The molecule has 1 heterocycles. The van der Waals surface area contributed by atoms with E-state index in [1.165, 1.54) is 19.3 Å². The zero-order chi connectivity index (χ0) is 12.5. The third-order valence-electron chi connectivity index (χ3n) is 4.92. The number of fused-ring (bicyclic) bond motifs is 1. The maximum atomic E-state index is 12.4. The van der Waals surface area contributed by atoms with E-state index in [1.807, 2.05) is 0 Å². The molecular formula is C14H26N2O. The molecule has 98 valence electrons. The third kappa shape index (κ3) is 2.10. The van der Waals surface area contributed by atoms with Crippen LogP contribution in [0.25, 0.3) is 0 Å². The number of nitrogens with zero attached hydrogens (tertiary/aromatic N) is 1. The Labute approximate surface area is 105 Å². The zero-order valence-corrected chi connectivity index (χ0v) is 11.2. The number of rotatable bonds is 4. The highest BCUT2D eigenvalue weighted by atomic mass is 16.2. The molecule has 0 bridgehead atoms. The van der Waals surface area contributed by atoms with Gasteiger partial charge in [0, 0.05) is 23.9 Å². The molecule has 2 fully saturated rings. The lowest BCUT2D eigenvalue weighted by atomic mass is 9.82. The van der Waals surface area contributed by atoms with Gasteiger partial charge in [-0.25, -0.2) is 0 Å². The predicted octanol–water partition coefficient (Wildman–Crippen LogP) is 2.15. The summed E-state index contributed by atoms with van der Waals surface area (Å²) in [5, 5.41) is 0. The number of carbonyl (C=O) groups excluding carboxylic acids is 1. The molecule has 3 nitrogen and oxygen atoms in total. The Hall–Kier alpha value is -0.570. The van der Waals surface area contributed by atoms with Crippen molar-refractivity contribution >= 4 is 5.91 Å². The van der Waals surface area contributed by atoms with Gasteiger partial charge < -0.3 is 10.6 Å². The number of likely N-dealkylation sites (tertiary alicyclic amines) is 1. The lowest BCUT2D eigenvalue weighted by Gasteiger charge is -2.32. The van der Waals surface area contributed by atoms with Crippen molar-refractivity contribution in [3.63, 3.8) is 0 Å². The second kappa shape index (κ2) is 4.97. The lowest BCUT2D eigenvalue weighted by Crippen LogP contribution is -2.44.